The van der Waals surface area contributed by atoms with Gasteiger partial charge in [0.25, 0.3) is 5.56 Å². The number of Topliss-reactive ketones (excluding diaryl/α,β-unsaturated/α-hetero) is 1. The summed E-state index contributed by atoms with van der Waals surface area (Å²) in [5.41, 5.74) is 6.21. The standard InChI is InChI=1S/C19H23N5O4S/c1-11(15(25)14-16(20)22(2)19(27)23(3)17(14)26)29-18-21-12-7-5-6-8-13(12)24(18)9-10-28-4/h5-8,11H,9-10,20H2,1-4H3/t11-/m0/s1. The molecule has 2 N–H and O–H groups in total. The number of thioether (sulfide) groups is 1. The van der Waals surface area contributed by atoms with E-state index in [-0.39, 0.29) is 11.4 Å². The van der Waals surface area contributed by atoms with Crippen molar-refractivity contribution in [1.29, 1.82) is 0 Å². The molecule has 29 heavy (non-hydrogen) atoms. The number of imidazole rings is 1. The van der Waals surface area contributed by atoms with E-state index in [4.69, 9.17) is 10.5 Å². The van der Waals surface area contributed by atoms with Gasteiger partial charge in [-0.3, -0.25) is 18.7 Å². The van der Waals surface area contributed by atoms with Crippen molar-refractivity contribution in [1.82, 2.24) is 18.7 Å². The number of ketones is 1. The molecule has 0 radical (unpaired) electrons. The van der Waals surface area contributed by atoms with Gasteiger partial charge in [-0.2, -0.15) is 0 Å². The molecule has 10 heteroatoms. The lowest BCUT2D eigenvalue weighted by Gasteiger charge is -2.15. The first kappa shape index (κ1) is 20.9. The number of nitrogens with zero attached hydrogens (tertiary/aromatic N) is 4. The number of methoxy groups -OCH3 is 1. The average Bonchev–Trinajstić information content (AvgIpc) is 3.06. The fraction of sp³-hybridized carbons (Fsp3) is 0.368. The number of fused-ring (bicyclic) bond motifs is 1. The summed E-state index contributed by atoms with van der Waals surface area (Å²) in [5, 5.41) is 0.00456. The van der Waals surface area contributed by atoms with Crippen molar-refractivity contribution < 1.29 is 9.53 Å². The third-order valence-corrected chi connectivity index (χ3v) is 5.84. The van der Waals surface area contributed by atoms with Crippen LogP contribution in [0.5, 0.6) is 0 Å². The van der Waals surface area contributed by atoms with Gasteiger partial charge in [0, 0.05) is 27.7 Å². The normalized spacial score (nSPS) is 12.4. The van der Waals surface area contributed by atoms with Crippen LogP contribution in [-0.4, -0.2) is 43.4 Å². The van der Waals surface area contributed by atoms with Gasteiger partial charge in [-0.05, 0) is 19.1 Å². The van der Waals surface area contributed by atoms with Crippen LogP contribution < -0.4 is 17.0 Å². The van der Waals surface area contributed by atoms with Crippen LogP contribution in [0.1, 0.15) is 17.3 Å². The Kier molecular flexibility index (Phi) is 5.94. The molecule has 2 aromatic heterocycles. The molecular formula is C19H23N5O4S. The largest absolute Gasteiger partial charge is 0.384 e. The van der Waals surface area contributed by atoms with Gasteiger partial charge in [-0.25, -0.2) is 9.78 Å². The second-order valence-corrected chi connectivity index (χ2v) is 7.93. The summed E-state index contributed by atoms with van der Waals surface area (Å²) < 4.78 is 9.15. The van der Waals surface area contributed by atoms with Gasteiger partial charge in [-0.1, -0.05) is 23.9 Å². The molecule has 3 rings (SSSR count). The number of aromatic nitrogens is 4. The first-order chi connectivity index (χ1) is 13.8. The molecule has 1 aromatic carbocycles. The van der Waals surface area contributed by atoms with Crippen LogP contribution in [-0.2, 0) is 25.4 Å². The van der Waals surface area contributed by atoms with E-state index < -0.39 is 22.3 Å². The fourth-order valence-corrected chi connectivity index (χ4v) is 4.06. The van der Waals surface area contributed by atoms with Crippen molar-refractivity contribution in [3.8, 4) is 0 Å². The number of hydrogen-bond acceptors (Lipinski definition) is 7. The molecule has 0 aliphatic heterocycles. The highest BCUT2D eigenvalue weighted by Crippen LogP contribution is 2.29. The molecule has 0 spiro atoms. The van der Waals surface area contributed by atoms with Crippen LogP contribution in [0, 0.1) is 0 Å². The zero-order chi connectivity index (χ0) is 21.3. The summed E-state index contributed by atoms with van der Waals surface area (Å²) in [6.07, 6.45) is 0. The Morgan fingerprint density at radius 1 is 1.24 bits per heavy atom. The number of nitrogen functional groups attached to an aromatic ring is 1. The number of rotatable bonds is 7. The third kappa shape index (κ3) is 3.73. The second kappa shape index (κ2) is 8.26. The Morgan fingerprint density at radius 3 is 2.62 bits per heavy atom. The number of anilines is 1. The van der Waals surface area contributed by atoms with Gasteiger partial charge in [0.2, 0.25) is 0 Å². The van der Waals surface area contributed by atoms with Crippen LogP contribution in [0.3, 0.4) is 0 Å². The van der Waals surface area contributed by atoms with Crippen LogP contribution in [0.25, 0.3) is 11.0 Å². The highest BCUT2D eigenvalue weighted by Gasteiger charge is 2.27. The summed E-state index contributed by atoms with van der Waals surface area (Å²) in [5.74, 6) is -0.586. The van der Waals surface area contributed by atoms with Crippen molar-refractivity contribution in [3.05, 3.63) is 50.7 Å². The third-order valence-electron chi connectivity index (χ3n) is 4.75. The minimum Gasteiger partial charge on any atom is -0.384 e. The van der Waals surface area contributed by atoms with E-state index in [1.807, 2.05) is 28.8 Å². The summed E-state index contributed by atoms with van der Waals surface area (Å²) in [6, 6.07) is 7.67. The number of carbonyl (C=O) groups excluding carboxylic acids is 1. The SMILES string of the molecule is COCCn1c(S[C@@H](C)C(=O)c2c(N)n(C)c(=O)n(C)c2=O)nc2ccccc21. The molecule has 9 nitrogen and oxygen atoms in total. The Labute approximate surface area is 171 Å². The minimum atomic E-state index is -0.698. The quantitative estimate of drug-likeness (QED) is 0.451. The molecule has 2 heterocycles. The summed E-state index contributed by atoms with van der Waals surface area (Å²) in [7, 11) is 4.37. The summed E-state index contributed by atoms with van der Waals surface area (Å²) in [4.78, 5) is 42.2. The number of ether oxygens (including phenoxy) is 1. The predicted octanol–water partition coefficient (Wildman–Crippen LogP) is 1.03. The summed E-state index contributed by atoms with van der Waals surface area (Å²) in [6.45, 7) is 2.76. The van der Waals surface area contributed by atoms with E-state index in [9.17, 15) is 14.4 Å². The van der Waals surface area contributed by atoms with Crippen molar-refractivity contribution in [3.63, 3.8) is 0 Å². The second-order valence-electron chi connectivity index (χ2n) is 6.62. The van der Waals surface area contributed by atoms with Gasteiger partial charge < -0.3 is 15.0 Å². The molecule has 0 unspecified atom stereocenters. The Balaban J connectivity index is 1.99. The van der Waals surface area contributed by atoms with Crippen molar-refractivity contribution >= 4 is 34.4 Å². The molecule has 0 aliphatic rings. The molecular weight excluding hydrogens is 394 g/mol. The predicted molar refractivity (Wildman–Crippen MR) is 113 cm³/mol. The van der Waals surface area contributed by atoms with Gasteiger partial charge >= 0.3 is 5.69 Å². The van der Waals surface area contributed by atoms with Gasteiger partial charge in [0.1, 0.15) is 11.4 Å². The Hall–Kier alpha value is -2.85. The maximum atomic E-state index is 13.1. The van der Waals surface area contributed by atoms with Crippen LogP contribution >= 0.6 is 11.8 Å². The minimum absolute atomic E-state index is 0.136. The monoisotopic (exact) mass is 417 g/mol. The van der Waals surface area contributed by atoms with Crippen LogP contribution in [0.2, 0.25) is 0 Å². The molecule has 0 fully saturated rings. The molecule has 0 aliphatic carbocycles. The number of benzene rings is 1. The van der Waals surface area contributed by atoms with Crippen LogP contribution in [0.4, 0.5) is 5.82 Å². The smallest absolute Gasteiger partial charge is 0.332 e. The lowest BCUT2D eigenvalue weighted by atomic mass is 10.1. The molecule has 154 valence electrons. The fourth-order valence-electron chi connectivity index (χ4n) is 3.05. The topological polar surface area (TPSA) is 114 Å². The zero-order valence-corrected chi connectivity index (χ0v) is 17.5. The zero-order valence-electron chi connectivity index (χ0n) is 16.7. The Bertz CT molecular complexity index is 1190. The molecule has 1 atom stereocenters. The number of para-hydroxylation sites is 2. The average molecular weight is 417 g/mol. The van der Waals surface area contributed by atoms with Crippen molar-refractivity contribution in [2.75, 3.05) is 19.5 Å². The first-order valence-electron chi connectivity index (χ1n) is 8.98. The van der Waals surface area contributed by atoms with E-state index >= 15 is 0 Å². The van der Waals surface area contributed by atoms with E-state index in [2.05, 4.69) is 4.98 Å². The number of carbonyl (C=O) groups is 1. The number of nitrogens with two attached hydrogens (primary N) is 1. The van der Waals surface area contributed by atoms with E-state index in [0.29, 0.717) is 18.3 Å². The van der Waals surface area contributed by atoms with E-state index in [1.165, 1.54) is 25.9 Å². The molecule has 3 aromatic rings. The highest BCUT2D eigenvalue weighted by molar-refractivity contribution is 8.00. The Morgan fingerprint density at radius 2 is 1.93 bits per heavy atom. The molecule has 0 amide bonds. The van der Waals surface area contributed by atoms with Crippen molar-refractivity contribution in [2.45, 2.75) is 23.9 Å². The van der Waals surface area contributed by atoms with E-state index in [1.54, 1.807) is 14.0 Å². The maximum absolute atomic E-state index is 13.1. The number of hydrogen-bond donors (Lipinski definition) is 1. The molecule has 0 saturated carbocycles. The first-order valence-corrected chi connectivity index (χ1v) is 9.86. The van der Waals surface area contributed by atoms with Gasteiger partial charge in [0.05, 0.1) is 22.9 Å². The van der Waals surface area contributed by atoms with Gasteiger partial charge in [-0.15, -0.1) is 0 Å². The lowest BCUT2D eigenvalue weighted by molar-refractivity contribution is 0.0992. The van der Waals surface area contributed by atoms with E-state index in [0.717, 1.165) is 20.2 Å². The van der Waals surface area contributed by atoms with Crippen LogP contribution in [0.15, 0.2) is 39.0 Å². The molecule has 0 bridgehead atoms. The highest BCUT2D eigenvalue weighted by atomic mass is 32.2. The molecule has 0 saturated heterocycles. The lowest BCUT2D eigenvalue weighted by Crippen LogP contribution is -2.42. The van der Waals surface area contributed by atoms with Crippen molar-refractivity contribution in [2.24, 2.45) is 14.1 Å². The van der Waals surface area contributed by atoms with Gasteiger partial charge in [0.15, 0.2) is 10.9 Å². The summed E-state index contributed by atoms with van der Waals surface area (Å²) >= 11 is 1.24. The maximum Gasteiger partial charge on any atom is 0.332 e.